The van der Waals surface area contributed by atoms with Gasteiger partial charge in [0.25, 0.3) is 5.91 Å². The van der Waals surface area contributed by atoms with E-state index in [0.29, 0.717) is 43.6 Å². The maximum absolute atomic E-state index is 11.9. The van der Waals surface area contributed by atoms with Crippen LogP contribution in [0.2, 0.25) is 5.02 Å². The van der Waals surface area contributed by atoms with Crippen molar-refractivity contribution in [1.29, 1.82) is 0 Å². The van der Waals surface area contributed by atoms with Gasteiger partial charge in [0.1, 0.15) is 5.75 Å². The third kappa shape index (κ3) is 3.83. The molecule has 5 nitrogen and oxygen atoms in total. The molecule has 0 radical (unpaired) electrons. The van der Waals surface area contributed by atoms with Crippen LogP contribution in [-0.2, 0) is 16.1 Å². The first-order valence-electron chi connectivity index (χ1n) is 6.17. The molecule has 1 amide bonds. The summed E-state index contributed by atoms with van der Waals surface area (Å²) in [6.45, 7) is 2.73. The van der Waals surface area contributed by atoms with Crippen molar-refractivity contribution < 1.29 is 14.3 Å². The number of amides is 1. The van der Waals surface area contributed by atoms with E-state index in [0.717, 1.165) is 5.56 Å². The maximum atomic E-state index is 11.9. The molecule has 1 aliphatic rings. The molecule has 1 fully saturated rings. The highest BCUT2D eigenvalue weighted by Crippen LogP contribution is 2.22. The average molecular weight is 285 g/mol. The largest absolute Gasteiger partial charge is 0.483 e. The summed E-state index contributed by atoms with van der Waals surface area (Å²) in [6.07, 6.45) is 0. The third-order valence-electron chi connectivity index (χ3n) is 2.96. The Balaban J connectivity index is 1.92. The predicted octanol–water partition coefficient (Wildman–Crippen LogP) is 1.04. The lowest BCUT2D eigenvalue weighted by Gasteiger charge is -2.26. The van der Waals surface area contributed by atoms with Crippen LogP contribution in [-0.4, -0.2) is 43.7 Å². The van der Waals surface area contributed by atoms with Crippen LogP contribution in [0.1, 0.15) is 5.56 Å². The molecule has 1 heterocycles. The fourth-order valence-corrected chi connectivity index (χ4v) is 2.09. The van der Waals surface area contributed by atoms with Gasteiger partial charge in [0.15, 0.2) is 6.61 Å². The van der Waals surface area contributed by atoms with Gasteiger partial charge in [-0.25, -0.2) is 0 Å². The fraction of sp³-hybridized carbons (Fsp3) is 0.462. The number of rotatable bonds is 4. The molecule has 1 aromatic carbocycles. The Morgan fingerprint density at radius 3 is 2.84 bits per heavy atom. The molecule has 2 rings (SSSR count). The molecule has 1 aromatic rings. The van der Waals surface area contributed by atoms with Crippen LogP contribution in [0.25, 0.3) is 0 Å². The minimum Gasteiger partial charge on any atom is -0.483 e. The van der Waals surface area contributed by atoms with E-state index < -0.39 is 0 Å². The third-order valence-corrected chi connectivity index (χ3v) is 3.19. The van der Waals surface area contributed by atoms with E-state index in [1.807, 2.05) is 0 Å². The van der Waals surface area contributed by atoms with Crippen molar-refractivity contribution in [3.63, 3.8) is 0 Å². The van der Waals surface area contributed by atoms with Gasteiger partial charge in [0.2, 0.25) is 0 Å². The van der Waals surface area contributed by atoms with Gasteiger partial charge in [-0.1, -0.05) is 11.6 Å². The van der Waals surface area contributed by atoms with Gasteiger partial charge >= 0.3 is 0 Å². The summed E-state index contributed by atoms with van der Waals surface area (Å²) in [5.74, 6) is 0.565. The standard InChI is InChI=1S/C13H17ClN2O3/c14-11-1-2-12(10(7-11)8-15)19-9-13(17)16-3-5-18-6-4-16/h1-2,7H,3-6,8-9,15H2. The number of hydrogen-bond acceptors (Lipinski definition) is 4. The molecule has 2 N–H and O–H groups in total. The number of hydrogen-bond donors (Lipinski definition) is 1. The molecule has 0 bridgehead atoms. The van der Waals surface area contributed by atoms with Gasteiger partial charge in [-0.05, 0) is 18.2 Å². The van der Waals surface area contributed by atoms with Gasteiger partial charge in [0, 0.05) is 30.2 Å². The van der Waals surface area contributed by atoms with Gasteiger partial charge in [-0.15, -0.1) is 0 Å². The zero-order valence-corrected chi connectivity index (χ0v) is 11.4. The van der Waals surface area contributed by atoms with E-state index in [1.165, 1.54) is 0 Å². The number of halogens is 1. The molecule has 104 valence electrons. The van der Waals surface area contributed by atoms with Gasteiger partial charge in [0.05, 0.1) is 13.2 Å². The van der Waals surface area contributed by atoms with E-state index in [2.05, 4.69) is 0 Å². The lowest BCUT2D eigenvalue weighted by Crippen LogP contribution is -2.43. The molecule has 19 heavy (non-hydrogen) atoms. The zero-order chi connectivity index (χ0) is 13.7. The SMILES string of the molecule is NCc1cc(Cl)ccc1OCC(=O)N1CCOCC1. The zero-order valence-electron chi connectivity index (χ0n) is 10.6. The van der Waals surface area contributed by atoms with E-state index in [4.69, 9.17) is 26.8 Å². The molecule has 1 aliphatic heterocycles. The first kappa shape index (κ1) is 14.1. The van der Waals surface area contributed by atoms with Gasteiger partial charge in [-0.3, -0.25) is 4.79 Å². The minimum atomic E-state index is -0.0405. The van der Waals surface area contributed by atoms with E-state index in [1.54, 1.807) is 23.1 Å². The lowest BCUT2D eigenvalue weighted by molar-refractivity contribution is -0.137. The highest BCUT2D eigenvalue weighted by Gasteiger charge is 2.17. The van der Waals surface area contributed by atoms with Crippen molar-refractivity contribution in [2.75, 3.05) is 32.9 Å². The second kappa shape index (κ2) is 6.75. The van der Waals surface area contributed by atoms with Gasteiger partial charge < -0.3 is 20.1 Å². The Bertz CT molecular complexity index is 448. The number of nitrogens with zero attached hydrogens (tertiary/aromatic N) is 1. The molecule has 0 atom stereocenters. The summed E-state index contributed by atoms with van der Waals surface area (Å²) < 4.78 is 10.7. The number of carbonyl (C=O) groups is 1. The summed E-state index contributed by atoms with van der Waals surface area (Å²) in [7, 11) is 0. The molecule has 0 saturated carbocycles. The smallest absolute Gasteiger partial charge is 0.260 e. The molecule has 0 unspecified atom stereocenters. The predicted molar refractivity (Wildman–Crippen MR) is 72.2 cm³/mol. The number of carbonyl (C=O) groups excluding carboxylic acids is 1. The molecule has 6 heteroatoms. The second-order valence-electron chi connectivity index (χ2n) is 4.24. The first-order valence-corrected chi connectivity index (χ1v) is 6.55. The molecular formula is C13H17ClN2O3. The Morgan fingerprint density at radius 1 is 1.42 bits per heavy atom. The van der Waals surface area contributed by atoms with Crippen LogP contribution in [0.5, 0.6) is 5.75 Å². The van der Waals surface area contributed by atoms with E-state index in [-0.39, 0.29) is 12.5 Å². The monoisotopic (exact) mass is 284 g/mol. The fourth-order valence-electron chi connectivity index (χ4n) is 1.89. The lowest BCUT2D eigenvalue weighted by atomic mass is 10.2. The first-order chi connectivity index (χ1) is 9.20. The van der Waals surface area contributed by atoms with Crippen molar-refractivity contribution in [2.24, 2.45) is 5.73 Å². The Kier molecular flexibility index (Phi) is 5.01. The molecule has 0 spiro atoms. The Morgan fingerprint density at radius 2 is 2.16 bits per heavy atom. The number of morpholine rings is 1. The second-order valence-corrected chi connectivity index (χ2v) is 4.67. The highest BCUT2D eigenvalue weighted by atomic mass is 35.5. The summed E-state index contributed by atoms with van der Waals surface area (Å²) in [6, 6.07) is 5.20. The van der Waals surface area contributed by atoms with Crippen molar-refractivity contribution in [2.45, 2.75) is 6.54 Å². The molecule has 0 aliphatic carbocycles. The Hall–Kier alpha value is -1.30. The van der Waals surface area contributed by atoms with E-state index >= 15 is 0 Å². The van der Waals surface area contributed by atoms with Crippen LogP contribution in [0, 0.1) is 0 Å². The summed E-state index contributed by atoms with van der Waals surface area (Å²) in [5, 5.41) is 0.604. The summed E-state index contributed by atoms with van der Waals surface area (Å²) in [4.78, 5) is 13.7. The minimum absolute atomic E-state index is 0.00856. The number of nitrogens with two attached hydrogens (primary N) is 1. The van der Waals surface area contributed by atoms with Crippen molar-refractivity contribution in [1.82, 2.24) is 4.90 Å². The van der Waals surface area contributed by atoms with Crippen LogP contribution in [0.4, 0.5) is 0 Å². The van der Waals surface area contributed by atoms with Crippen molar-refractivity contribution in [3.05, 3.63) is 28.8 Å². The maximum Gasteiger partial charge on any atom is 0.260 e. The number of ether oxygens (including phenoxy) is 2. The van der Waals surface area contributed by atoms with Crippen LogP contribution < -0.4 is 10.5 Å². The summed E-state index contributed by atoms with van der Waals surface area (Å²) >= 11 is 5.88. The average Bonchev–Trinajstić information content (AvgIpc) is 2.46. The molecular weight excluding hydrogens is 268 g/mol. The highest BCUT2D eigenvalue weighted by molar-refractivity contribution is 6.30. The molecule has 1 saturated heterocycles. The topological polar surface area (TPSA) is 64.8 Å². The van der Waals surface area contributed by atoms with Crippen LogP contribution >= 0.6 is 11.6 Å². The quantitative estimate of drug-likeness (QED) is 0.897. The van der Waals surface area contributed by atoms with Crippen LogP contribution in [0.15, 0.2) is 18.2 Å². The Labute approximate surface area is 117 Å². The van der Waals surface area contributed by atoms with E-state index in [9.17, 15) is 4.79 Å². The number of benzene rings is 1. The molecule has 0 aromatic heterocycles. The summed E-state index contributed by atoms with van der Waals surface area (Å²) in [5.41, 5.74) is 6.41. The van der Waals surface area contributed by atoms with Gasteiger partial charge in [-0.2, -0.15) is 0 Å². The van der Waals surface area contributed by atoms with Crippen molar-refractivity contribution >= 4 is 17.5 Å². The van der Waals surface area contributed by atoms with Crippen molar-refractivity contribution in [3.8, 4) is 5.75 Å². The van der Waals surface area contributed by atoms with Crippen LogP contribution in [0.3, 0.4) is 0 Å². The normalized spacial score (nSPS) is 15.4.